The van der Waals surface area contributed by atoms with Gasteiger partial charge in [0.05, 0.1) is 0 Å². The Morgan fingerprint density at radius 1 is 0.857 bits per heavy atom. The van der Waals surface area contributed by atoms with E-state index in [1.807, 2.05) is 0 Å². The molecule has 0 radical (unpaired) electrons. The molecule has 2 N–H and O–H groups in total. The van der Waals surface area contributed by atoms with E-state index in [2.05, 4.69) is 24.3 Å². The summed E-state index contributed by atoms with van der Waals surface area (Å²) in [6.45, 7) is 0. The summed E-state index contributed by atoms with van der Waals surface area (Å²) in [5.74, 6) is 1.76. The van der Waals surface area contributed by atoms with Gasteiger partial charge >= 0.3 is 0 Å². The lowest BCUT2D eigenvalue weighted by Gasteiger charge is -2.22. The van der Waals surface area contributed by atoms with Crippen LogP contribution in [0.3, 0.4) is 0 Å². The Balaban J connectivity index is 1.52. The summed E-state index contributed by atoms with van der Waals surface area (Å²) in [6, 6.07) is 9.53. The van der Waals surface area contributed by atoms with E-state index in [1.165, 1.54) is 69.8 Å². The zero-order chi connectivity index (χ0) is 14.5. The minimum atomic E-state index is 0.242. The predicted octanol–water partition coefficient (Wildman–Crippen LogP) is 5.70. The first-order valence-electron chi connectivity index (χ1n) is 9.18. The van der Waals surface area contributed by atoms with E-state index >= 15 is 0 Å². The molecular weight excluding hydrogens is 254 g/mol. The average molecular weight is 285 g/mol. The van der Waals surface area contributed by atoms with E-state index in [9.17, 15) is 0 Å². The average Bonchev–Trinajstić information content (AvgIpc) is 3.07. The maximum atomic E-state index is 6.40. The molecule has 1 heteroatoms. The van der Waals surface area contributed by atoms with E-state index in [0.717, 1.165) is 18.3 Å². The molecule has 0 amide bonds. The normalized spacial score (nSPS) is 22.5. The maximum absolute atomic E-state index is 6.40. The van der Waals surface area contributed by atoms with Crippen molar-refractivity contribution in [3.8, 4) is 0 Å². The van der Waals surface area contributed by atoms with Gasteiger partial charge in [-0.25, -0.2) is 0 Å². The van der Waals surface area contributed by atoms with Gasteiger partial charge in [0.15, 0.2) is 0 Å². The summed E-state index contributed by atoms with van der Waals surface area (Å²) in [5, 5.41) is 0. The molecule has 1 unspecified atom stereocenters. The first-order valence-corrected chi connectivity index (χ1v) is 9.18. The molecule has 116 valence electrons. The molecule has 0 bridgehead atoms. The molecule has 1 atom stereocenters. The van der Waals surface area contributed by atoms with E-state index in [0.29, 0.717) is 0 Å². The predicted molar refractivity (Wildman–Crippen MR) is 90.4 cm³/mol. The van der Waals surface area contributed by atoms with Gasteiger partial charge in [-0.2, -0.15) is 0 Å². The number of hydrogen-bond acceptors (Lipinski definition) is 1. The summed E-state index contributed by atoms with van der Waals surface area (Å²) in [5.41, 5.74) is 9.28. The molecule has 0 heterocycles. The molecule has 0 aromatic heterocycles. The van der Waals surface area contributed by atoms with Gasteiger partial charge in [0.2, 0.25) is 0 Å². The zero-order valence-corrected chi connectivity index (χ0v) is 13.4. The number of rotatable bonds is 5. The largest absolute Gasteiger partial charge is 0.324 e. The number of hydrogen-bond donors (Lipinski definition) is 1. The van der Waals surface area contributed by atoms with Crippen LogP contribution in [0.4, 0.5) is 0 Å². The van der Waals surface area contributed by atoms with Gasteiger partial charge in [0.1, 0.15) is 0 Å². The molecule has 2 saturated carbocycles. The van der Waals surface area contributed by atoms with Gasteiger partial charge in [-0.05, 0) is 48.6 Å². The van der Waals surface area contributed by atoms with Gasteiger partial charge in [-0.1, -0.05) is 69.2 Å². The minimum Gasteiger partial charge on any atom is -0.324 e. The van der Waals surface area contributed by atoms with E-state index in [4.69, 9.17) is 5.73 Å². The van der Waals surface area contributed by atoms with E-state index < -0.39 is 0 Å². The molecule has 21 heavy (non-hydrogen) atoms. The molecule has 2 fully saturated rings. The fourth-order valence-corrected chi connectivity index (χ4v) is 4.33. The zero-order valence-electron chi connectivity index (χ0n) is 13.4. The highest BCUT2D eigenvalue weighted by molar-refractivity contribution is 5.27. The van der Waals surface area contributed by atoms with Crippen molar-refractivity contribution < 1.29 is 0 Å². The van der Waals surface area contributed by atoms with Crippen LogP contribution in [0.2, 0.25) is 0 Å². The Labute approximate surface area is 130 Å². The second kappa shape index (κ2) is 7.45. The number of benzene rings is 1. The Morgan fingerprint density at radius 3 is 2.14 bits per heavy atom. The Kier molecular flexibility index (Phi) is 5.35. The van der Waals surface area contributed by atoms with Gasteiger partial charge in [-0.3, -0.25) is 0 Å². The molecule has 0 saturated heterocycles. The van der Waals surface area contributed by atoms with Gasteiger partial charge < -0.3 is 5.73 Å². The monoisotopic (exact) mass is 285 g/mol. The standard InChI is InChI=1S/C20H31N/c21-20(15-10-16-6-4-5-7-16)19-13-11-18(12-14-19)17-8-2-1-3-9-17/h11-14,16-17,20H,1-10,15,21H2. The molecule has 0 aliphatic heterocycles. The van der Waals surface area contributed by atoms with Crippen molar-refractivity contribution in [2.24, 2.45) is 11.7 Å². The van der Waals surface area contributed by atoms with Crippen molar-refractivity contribution in [1.29, 1.82) is 0 Å². The lowest BCUT2D eigenvalue weighted by molar-refractivity contribution is 0.443. The Hall–Kier alpha value is -0.820. The van der Waals surface area contributed by atoms with Crippen LogP contribution >= 0.6 is 0 Å². The molecular formula is C20H31N. The maximum Gasteiger partial charge on any atom is 0.0294 e. The second-order valence-corrected chi connectivity index (χ2v) is 7.34. The van der Waals surface area contributed by atoms with Gasteiger partial charge in [0, 0.05) is 6.04 Å². The summed E-state index contributed by atoms with van der Waals surface area (Å²) < 4.78 is 0. The molecule has 0 spiro atoms. The SMILES string of the molecule is NC(CCC1CCCC1)c1ccc(C2CCCCC2)cc1. The Morgan fingerprint density at radius 2 is 1.48 bits per heavy atom. The summed E-state index contributed by atoms with van der Waals surface area (Å²) in [7, 11) is 0. The highest BCUT2D eigenvalue weighted by Crippen LogP contribution is 2.34. The van der Waals surface area contributed by atoms with Crippen LogP contribution in [0.25, 0.3) is 0 Å². The van der Waals surface area contributed by atoms with Crippen molar-refractivity contribution in [3.05, 3.63) is 35.4 Å². The first kappa shape index (κ1) is 15.1. The second-order valence-electron chi connectivity index (χ2n) is 7.34. The number of nitrogens with two attached hydrogens (primary N) is 1. The fourth-order valence-electron chi connectivity index (χ4n) is 4.33. The third kappa shape index (κ3) is 4.10. The first-order chi connectivity index (χ1) is 10.3. The summed E-state index contributed by atoms with van der Waals surface area (Å²) >= 11 is 0. The highest BCUT2D eigenvalue weighted by atomic mass is 14.6. The minimum absolute atomic E-state index is 0.242. The van der Waals surface area contributed by atoms with Crippen molar-refractivity contribution in [1.82, 2.24) is 0 Å². The summed E-state index contributed by atoms with van der Waals surface area (Å²) in [6.07, 6.45) is 15.3. The van der Waals surface area contributed by atoms with Crippen LogP contribution in [0.5, 0.6) is 0 Å². The van der Waals surface area contributed by atoms with Crippen molar-refractivity contribution in [2.75, 3.05) is 0 Å². The summed E-state index contributed by atoms with van der Waals surface area (Å²) in [4.78, 5) is 0. The lowest BCUT2D eigenvalue weighted by Crippen LogP contribution is -2.12. The lowest BCUT2D eigenvalue weighted by atomic mass is 9.83. The topological polar surface area (TPSA) is 26.0 Å². The van der Waals surface area contributed by atoms with Crippen LogP contribution in [-0.4, -0.2) is 0 Å². The van der Waals surface area contributed by atoms with Crippen LogP contribution in [0.1, 0.15) is 93.7 Å². The van der Waals surface area contributed by atoms with E-state index in [-0.39, 0.29) is 6.04 Å². The van der Waals surface area contributed by atoms with Crippen LogP contribution < -0.4 is 5.73 Å². The fraction of sp³-hybridized carbons (Fsp3) is 0.700. The molecule has 2 aliphatic carbocycles. The molecule has 3 rings (SSSR count). The van der Waals surface area contributed by atoms with Gasteiger partial charge in [-0.15, -0.1) is 0 Å². The smallest absolute Gasteiger partial charge is 0.0294 e. The molecule has 1 aromatic rings. The van der Waals surface area contributed by atoms with Crippen LogP contribution in [0, 0.1) is 5.92 Å². The van der Waals surface area contributed by atoms with E-state index in [1.54, 1.807) is 5.56 Å². The molecule has 1 aromatic carbocycles. The third-order valence-electron chi connectivity index (χ3n) is 5.80. The van der Waals surface area contributed by atoms with Crippen LogP contribution in [0.15, 0.2) is 24.3 Å². The molecule has 1 nitrogen and oxygen atoms in total. The Bertz CT molecular complexity index is 410. The van der Waals surface area contributed by atoms with Gasteiger partial charge in [0.25, 0.3) is 0 Å². The van der Waals surface area contributed by atoms with Crippen molar-refractivity contribution >= 4 is 0 Å². The quantitative estimate of drug-likeness (QED) is 0.737. The highest BCUT2D eigenvalue weighted by Gasteiger charge is 2.18. The third-order valence-corrected chi connectivity index (χ3v) is 5.80. The van der Waals surface area contributed by atoms with Crippen LogP contribution in [-0.2, 0) is 0 Å². The van der Waals surface area contributed by atoms with Crippen molar-refractivity contribution in [2.45, 2.75) is 82.6 Å². The molecule has 2 aliphatic rings. The van der Waals surface area contributed by atoms with Crippen molar-refractivity contribution in [3.63, 3.8) is 0 Å².